The van der Waals surface area contributed by atoms with E-state index in [9.17, 15) is 0 Å². The molecule has 0 saturated heterocycles. The molecule has 0 aliphatic rings. The number of hydrogen-bond donors (Lipinski definition) is 1. The third kappa shape index (κ3) is 2.18. The molecule has 0 radical (unpaired) electrons. The van der Waals surface area contributed by atoms with E-state index in [0.717, 1.165) is 17.1 Å². The van der Waals surface area contributed by atoms with Crippen molar-refractivity contribution >= 4 is 5.69 Å². The smallest absolute Gasteiger partial charge is 0.181 e. The van der Waals surface area contributed by atoms with Crippen LogP contribution in [0, 0.1) is 0 Å². The first kappa shape index (κ1) is 10.6. The third-order valence-electron chi connectivity index (χ3n) is 2.20. The van der Waals surface area contributed by atoms with E-state index in [-0.39, 0.29) is 0 Å². The zero-order valence-electron chi connectivity index (χ0n) is 9.68. The molecule has 0 aliphatic carbocycles. The van der Waals surface area contributed by atoms with Crippen molar-refractivity contribution in [3.8, 4) is 11.4 Å². The summed E-state index contributed by atoms with van der Waals surface area (Å²) < 4.78 is 1.66. The molecule has 0 saturated carbocycles. The Hall–Kier alpha value is -1.91. The summed E-state index contributed by atoms with van der Waals surface area (Å²) in [6.45, 7) is 4.22. The molecule has 0 atom stereocenters. The van der Waals surface area contributed by atoms with Crippen LogP contribution in [0.25, 0.3) is 11.4 Å². The highest BCUT2D eigenvalue weighted by atomic mass is 15.5. The lowest BCUT2D eigenvalue weighted by atomic mass is 10.2. The van der Waals surface area contributed by atoms with Crippen molar-refractivity contribution in [1.29, 1.82) is 0 Å². The second-order valence-electron chi connectivity index (χ2n) is 4.01. The fourth-order valence-corrected chi connectivity index (χ4v) is 1.56. The van der Waals surface area contributed by atoms with Crippen molar-refractivity contribution in [2.45, 2.75) is 19.9 Å². The fourth-order valence-electron chi connectivity index (χ4n) is 1.56. The molecule has 84 valence electrons. The molecule has 0 aliphatic heterocycles. The first-order chi connectivity index (χ1) is 7.66. The van der Waals surface area contributed by atoms with Gasteiger partial charge >= 0.3 is 0 Å². The normalized spacial score (nSPS) is 10.8. The van der Waals surface area contributed by atoms with Crippen molar-refractivity contribution in [3.63, 3.8) is 0 Å². The monoisotopic (exact) mass is 217 g/mol. The second kappa shape index (κ2) is 4.30. The van der Waals surface area contributed by atoms with Crippen LogP contribution in [0.3, 0.4) is 0 Å². The highest BCUT2D eigenvalue weighted by Gasteiger charge is 2.06. The van der Waals surface area contributed by atoms with Gasteiger partial charge in [-0.2, -0.15) is 0 Å². The number of aromatic nitrogens is 4. The summed E-state index contributed by atoms with van der Waals surface area (Å²) >= 11 is 0. The maximum Gasteiger partial charge on any atom is 0.181 e. The van der Waals surface area contributed by atoms with Crippen molar-refractivity contribution in [2.75, 3.05) is 5.32 Å². The molecule has 0 bridgehead atoms. The zero-order chi connectivity index (χ0) is 11.5. The second-order valence-corrected chi connectivity index (χ2v) is 4.01. The van der Waals surface area contributed by atoms with Crippen molar-refractivity contribution < 1.29 is 0 Å². The summed E-state index contributed by atoms with van der Waals surface area (Å²) in [5.74, 6) is 0.771. The molecule has 0 spiro atoms. The Morgan fingerprint density at radius 1 is 1.31 bits per heavy atom. The molecular weight excluding hydrogens is 202 g/mol. The Labute approximate surface area is 94.5 Å². The average molecular weight is 217 g/mol. The quantitative estimate of drug-likeness (QED) is 0.850. The van der Waals surface area contributed by atoms with Gasteiger partial charge in [0.25, 0.3) is 0 Å². The zero-order valence-corrected chi connectivity index (χ0v) is 9.68. The van der Waals surface area contributed by atoms with Crippen molar-refractivity contribution in [2.24, 2.45) is 7.05 Å². The van der Waals surface area contributed by atoms with Crippen LogP contribution in [-0.2, 0) is 7.05 Å². The Morgan fingerprint density at radius 2 is 2.12 bits per heavy atom. The molecular formula is C11H15N5. The number of rotatable bonds is 3. The van der Waals surface area contributed by atoms with Gasteiger partial charge in [-0.3, -0.25) is 0 Å². The maximum absolute atomic E-state index is 3.98. The van der Waals surface area contributed by atoms with Gasteiger partial charge in [0.05, 0.1) is 0 Å². The number of hydrogen-bond acceptors (Lipinski definition) is 4. The van der Waals surface area contributed by atoms with Crippen molar-refractivity contribution in [1.82, 2.24) is 20.2 Å². The van der Waals surface area contributed by atoms with E-state index in [2.05, 4.69) is 34.7 Å². The van der Waals surface area contributed by atoms with E-state index in [1.807, 2.05) is 31.3 Å². The SMILES string of the molecule is CC(C)Nc1cccc(-c2nnnn2C)c1. The summed E-state index contributed by atoms with van der Waals surface area (Å²) in [5, 5.41) is 14.8. The lowest BCUT2D eigenvalue weighted by Gasteiger charge is -2.10. The molecule has 1 N–H and O–H groups in total. The predicted molar refractivity (Wildman–Crippen MR) is 63.0 cm³/mol. The molecule has 1 heterocycles. The Kier molecular flexibility index (Phi) is 2.85. The molecule has 2 rings (SSSR count). The summed E-state index contributed by atoms with van der Waals surface area (Å²) in [6, 6.07) is 8.48. The molecule has 5 nitrogen and oxygen atoms in total. The molecule has 2 aromatic rings. The highest BCUT2D eigenvalue weighted by Crippen LogP contribution is 2.19. The van der Waals surface area contributed by atoms with E-state index in [4.69, 9.17) is 0 Å². The number of nitrogens with zero attached hydrogens (tertiary/aromatic N) is 4. The van der Waals surface area contributed by atoms with Gasteiger partial charge in [-0.15, -0.1) is 5.10 Å². The number of nitrogens with one attached hydrogen (secondary N) is 1. The van der Waals surface area contributed by atoms with Crippen molar-refractivity contribution in [3.05, 3.63) is 24.3 Å². The van der Waals surface area contributed by atoms with Gasteiger partial charge in [0.15, 0.2) is 5.82 Å². The van der Waals surface area contributed by atoms with Crippen LogP contribution in [-0.4, -0.2) is 26.2 Å². The Bertz CT molecular complexity index is 475. The minimum absolute atomic E-state index is 0.410. The molecule has 0 amide bonds. The van der Waals surface area contributed by atoms with Crippen LogP contribution in [0.4, 0.5) is 5.69 Å². The highest BCUT2D eigenvalue weighted by molar-refractivity contribution is 5.62. The molecule has 5 heteroatoms. The third-order valence-corrected chi connectivity index (χ3v) is 2.20. The largest absolute Gasteiger partial charge is 0.383 e. The molecule has 1 aromatic carbocycles. The van der Waals surface area contributed by atoms with E-state index in [1.165, 1.54) is 0 Å². The van der Waals surface area contributed by atoms with Crippen LogP contribution >= 0.6 is 0 Å². The Morgan fingerprint density at radius 3 is 2.75 bits per heavy atom. The summed E-state index contributed by atoms with van der Waals surface area (Å²) in [7, 11) is 1.83. The minimum Gasteiger partial charge on any atom is -0.383 e. The molecule has 1 aromatic heterocycles. The van der Waals surface area contributed by atoms with Gasteiger partial charge in [-0.25, -0.2) is 4.68 Å². The van der Waals surface area contributed by atoms with Crippen LogP contribution in [0.5, 0.6) is 0 Å². The lowest BCUT2D eigenvalue weighted by Crippen LogP contribution is -2.09. The molecule has 0 fully saturated rings. The summed E-state index contributed by atoms with van der Waals surface area (Å²) in [5.41, 5.74) is 2.09. The summed E-state index contributed by atoms with van der Waals surface area (Å²) in [4.78, 5) is 0. The number of benzene rings is 1. The van der Waals surface area contributed by atoms with Crippen LogP contribution in [0.15, 0.2) is 24.3 Å². The van der Waals surface area contributed by atoms with Crippen LogP contribution in [0.1, 0.15) is 13.8 Å². The minimum atomic E-state index is 0.410. The summed E-state index contributed by atoms with van der Waals surface area (Å²) in [6.07, 6.45) is 0. The van der Waals surface area contributed by atoms with Gasteiger partial charge in [0, 0.05) is 24.3 Å². The average Bonchev–Trinajstić information content (AvgIpc) is 2.64. The Balaban J connectivity index is 2.33. The number of aryl methyl sites for hydroxylation is 1. The standard InChI is InChI=1S/C11H15N5/c1-8(2)12-10-6-4-5-9(7-10)11-13-14-15-16(11)3/h4-8,12H,1-3H3. The van der Waals surface area contributed by atoms with Gasteiger partial charge in [0.2, 0.25) is 0 Å². The van der Waals surface area contributed by atoms with Gasteiger partial charge in [-0.1, -0.05) is 12.1 Å². The first-order valence-electron chi connectivity index (χ1n) is 5.26. The van der Waals surface area contributed by atoms with Crippen LogP contribution in [0.2, 0.25) is 0 Å². The van der Waals surface area contributed by atoms with Gasteiger partial charge in [0.1, 0.15) is 0 Å². The van der Waals surface area contributed by atoms with Gasteiger partial charge in [-0.05, 0) is 36.4 Å². The van der Waals surface area contributed by atoms with Crippen LogP contribution < -0.4 is 5.32 Å². The van der Waals surface area contributed by atoms with E-state index >= 15 is 0 Å². The maximum atomic E-state index is 3.98. The van der Waals surface area contributed by atoms with E-state index in [1.54, 1.807) is 4.68 Å². The van der Waals surface area contributed by atoms with E-state index < -0.39 is 0 Å². The first-order valence-corrected chi connectivity index (χ1v) is 5.26. The van der Waals surface area contributed by atoms with Gasteiger partial charge < -0.3 is 5.32 Å². The molecule has 16 heavy (non-hydrogen) atoms. The molecule has 0 unspecified atom stereocenters. The predicted octanol–water partition coefficient (Wildman–Crippen LogP) is 1.70. The number of anilines is 1. The van der Waals surface area contributed by atoms with E-state index in [0.29, 0.717) is 6.04 Å². The number of tetrazole rings is 1. The topological polar surface area (TPSA) is 55.6 Å². The lowest BCUT2D eigenvalue weighted by molar-refractivity contribution is 0.714. The fraction of sp³-hybridized carbons (Fsp3) is 0.364.